The van der Waals surface area contributed by atoms with Crippen LogP contribution in [0.15, 0.2) is 0 Å². The number of hydrogen-bond acceptors (Lipinski definition) is 5. The Morgan fingerprint density at radius 3 is 2.00 bits per heavy atom. The molecule has 9 heteroatoms. The van der Waals surface area contributed by atoms with Crippen LogP contribution in [0.1, 0.15) is 0 Å². The van der Waals surface area contributed by atoms with Crippen LogP contribution in [0, 0.1) is 0 Å². The molecule has 0 amide bonds. The fraction of sp³-hybridized carbons (Fsp3) is 1.00. The van der Waals surface area contributed by atoms with Crippen LogP contribution in [-0.4, -0.2) is 48.0 Å². The third-order valence-corrected chi connectivity index (χ3v) is 13.5. The first-order valence-electron chi connectivity index (χ1n) is 6.19. The van der Waals surface area contributed by atoms with E-state index in [1.165, 1.54) is 0 Å². The molecule has 108 valence electrons. The molecule has 18 heavy (non-hydrogen) atoms. The topological polar surface area (TPSA) is 65.7 Å². The number of nitrogens with one attached hydrogen (secondary N) is 1. The maximum atomic E-state index is 6.30. The van der Waals surface area contributed by atoms with E-state index in [9.17, 15) is 0 Å². The molecule has 2 radical (unpaired) electrons. The fourth-order valence-corrected chi connectivity index (χ4v) is 15.4. The number of rotatable bonds is 9. The zero-order valence-electron chi connectivity index (χ0n) is 12.7. The van der Waals surface area contributed by atoms with Crippen molar-refractivity contribution in [2.75, 3.05) is 12.8 Å². The van der Waals surface area contributed by atoms with E-state index in [1.54, 1.807) is 0 Å². The molecule has 0 bridgehead atoms. The summed E-state index contributed by atoms with van der Waals surface area (Å²) in [4.78, 5) is 0. The van der Waals surface area contributed by atoms with Gasteiger partial charge in [-0.25, -0.2) is 0 Å². The van der Waals surface area contributed by atoms with E-state index in [1.807, 2.05) is 6.55 Å². The van der Waals surface area contributed by atoms with E-state index in [2.05, 4.69) is 44.6 Å². The van der Waals surface area contributed by atoms with E-state index < -0.39 is 25.4 Å². The van der Waals surface area contributed by atoms with E-state index in [0.29, 0.717) is 22.6 Å². The normalized spacial score (nSPS) is 16.7. The van der Waals surface area contributed by atoms with Crippen molar-refractivity contribution >= 4 is 35.2 Å². The Hall–Kier alpha value is 0.668. The van der Waals surface area contributed by atoms with Crippen molar-refractivity contribution in [3.63, 3.8) is 0 Å². The monoisotopic (exact) mass is 324 g/mol. The average molecular weight is 325 g/mol. The van der Waals surface area contributed by atoms with Crippen LogP contribution in [0.25, 0.3) is 0 Å². The van der Waals surface area contributed by atoms with E-state index in [0.717, 1.165) is 0 Å². The molecule has 0 saturated heterocycles. The third-order valence-electron chi connectivity index (χ3n) is 1.92. The van der Waals surface area contributed by atoms with Gasteiger partial charge in [-0.3, -0.25) is 0 Å². The Kier molecular flexibility index (Phi) is 7.73. The molecule has 0 saturated carbocycles. The molecule has 0 heterocycles. The smallest absolute Gasteiger partial charge is 0.330 e. The van der Waals surface area contributed by atoms with Gasteiger partial charge < -0.3 is 23.4 Å². The van der Waals surface area contributed by atoms with Crippen LogP contribution in [0.4, 0.5) is 0 Å². The van der Waals surface area contributed by atoms with Crippen molar-refractivity contribution in [3.8, 4) is 0 Å². The summed E-state index contributed by atoms with van der Waals surface area (Å²) in [6, 6.07) is 0. The van der Waals surface area contributed by atoms with Crippen molar-refractivity contribution in [2.24, 2.45) is 5.73 Å². The second-order valence-corrected chi connectivity index (χ2v) is 18.3. The van der Waals surface area contributed by atoms with Crippen molar-refractivity contribution in [3.05, 3.63) is 0 Å². The molecule has 0 rings (SSSR count). The molecule has 0 aromatic carbocycles. The first-order valence-corrected chi connectivity index (χ1v) is 16.4. The van der Waals surface area contributed by atoms with E-state index >= 15 is 0 Å². The quantitative estimate of drug-likeness (QED) is 0.495. The zero-order chi connectivity index (χ0) is 14.4. The Balaban J connectivity index is 4.75. The van der Waals surface area contributed by atoms with Gasteiger partial charge >= 0.3 is 17.1 Å². The second kappa shape index (κ2) is 7.45. The predicted octanol–water partition coefficient (Wildman–Crippen LogP) is 1.36. The highest BCUT2D eigenvalue weighted by Crippen LogP contribution is 2.20. The van der Waals surface area contributed by atoms with Crippen molar-refractivity contribution in [1.29, 1.82) is 0 Å². The minimum Gasteiger partial charge on any atom is -0.437 e. The first kappa shape index (κ1) is 18.7. The molecule has 1 atom stereocenters. The summed E-state index contributed by atoms with van der Waals surface area (Å²) in [5.41, 5.74) is 5.51. The molecule has 3 N–H and O–H groups in total. The van der Waals surface area contributed by atoms with Crippen LogP contribution < -0.4 is 11.1 Å². The van der Waals surface area contributed by atoms with Gasteiger partial charge in [-0.1, -0.05) is 0 Å². The third kappa shape index (κ3) is 8.71. The molecule has 0 aliphatic carbocycles. The van der Waals surface area contributed by atoms with Gasteiger partial charge in [0.1, 0.15) is 0 Å². The van der Waals surface area contributed by atoms with Gasteiger partial charge in [0.05, 0.1) is 0 Å². The highest BCUT2D eigenvalue weighted by atomic mass is 28.5. The standard InChI is InChI=1S/C9H28N2O3Si4/c1-15-12-17(5,6)14-18(7,9-11-8-10)13-16(2,3)4/h11H,8-10H2,1-7H3. The maximum absolute atomic E-state index is 6.30. The van der Waals surface area contributed by atoms with Gasteiger partial charge in [0.15, 0.2) is 8.32 Å². The van der Waals surface area contributed by atoms with Gasteiger partial charge in [0.2, 0.25) is 9.76 Å². The van der Waals surface area contributed by atoms with Crippen molar-refractivity contribution < 1.29 is 12.3 Å². The minimum atomic E-state index is -2.27. The molecule has 0 aromatic heterocycles. The van der Waals surface area contributed by atoms with Crippen molar-refractivity contribution in [1.82, 2.24) is 5.32 Å². The van der Waals surface area contributed by atoms with Crippen LogP contribution in [-0.2, 0) is 12.3 Å². The Bertz CT molecular complexity index is 250. The first-order chi connectivity index (χ1) is 8.04. The zero-order valence-corrected chi connectivity index (χ0v) is 16.7. The lowest BCUT2D eigenvalue weighted by atomic mass is 11.1. The van der Waals surface area contributed by atoms with Gasteiger partial charge in [-0.05, 0) is 45.8 Å². The average Bonchev–Trinajstić information content (AvgIpc) is 2.10. The maximum Gasteiger partial charge on any atom is 0.330 e. The molecule has 5 nitrogen and oxygen atoms in total. The van der Waals surface area contributed by atoms with Gasteiger partial charge in [0.25, 0.3) is 0 Å². The molecule has 0 aromatic rings. The van der Waals surface area contributed by atoms with Gasteiger partial charge in [0, 0.05) is 12.8 Å². The van der Waals surface area contributed by atoms with Crippen LogP contribution in [0.5, 0.6) is 0 Å². The molecule has 1 unspecified atom stereocenters. The lowest BCUT2D eigenvalue weighted by molar-refractivity contribution is 0.328. The molecular weight excluding hydrogens is 296 g/mol. The van der Waals surface area contributed by atoms with Gasteiger partial charge in [-0.2, -0.15) is 0 Å². The second-order valence-electron chi connectivity index (χ2n) is 5.79. The van der Waals surface area contributed by atoms with E-state index in [4.69, 9.17) is 18.1 Å². The van der Waals surface area contributed by atoms with Crippen LogP contribution >= 0.6 is 0 Å². The van der Waals surface area contributed by atoms with Gasteiger partial charge in [-0.15, -0.1) is 0 Å². The highest BCUT2D eigenvalue weighted by molar-refractivity contribution is 6.87. The minimum absolute atomic E-state index is 0.444. The van der Waals surface area contributed by atoms with Crippen LogP contribution in [0.3, 0.4) is 0 Å². The predicted molar refractivity (Wildman–Crippen MR) is 84.4 cm³/mol. The summed E-state index contributed by atoms with van der Waals surface area (Å²) in [6.45, 7) is 15.3. The highest BCUT2D eigenvalue weighted by Gasteiger charge is 2.42. The molecule has 0 fully saturated rings. The molecule has 0 aliphatic rings. The number of nitrogens with two attached hydrogens (primary N) is 1. The lowest BCUT2D eigenvalue weighted by Gasteiger charge is -2.39. The summed E-state index contributed by atoms with van der Waals surface area (Å²) >= 11 is 0. The summed E-state index contributed by atoms with van der Waals surface area (Å²) in [7, 11) is -5.55. The molecular formula is C9H28N2O3Si4. The van der Waals surface area contributed by atoms with Crippen molar-refractivity contribution in [2.45, 2.75) is 45.8 Å². The van der Waals surface area contributed by atoms with E-state index in [-0.39, 0.29) is 0 Å². The Labute approximate surface area is 117 Å². The summed E-state index contributed by atoms with van der Waals surface area (Å²) in [6.07, 6.45) is 0.709. The van der Waals surface area contributed by atoms with Crippen LogP contribution in [0.2, 0.25) is 45.8 Å². The Morgan fingerprint density at radius 1 is 1.06 bits per heavy atom. The fourth-order valence-electron chi connectivity index (χ4n) is 1.83. The number of hydrogen-bond donors (Lipinski definition) is 2. The summed E-state index contributed by atoms with van der Waals surface area (Å²) in [5.74, 6) is 0. The molecule has 0 aliphatic heterocycles. The molecule has 0 spiro atoms. The Morgan fingerprint density at radius 2 is 1.61 bits per heavy atom. The summed E-state index contributed by atoms with van der Waals surface area (Å²) in [5, 5.41) is 3.16. The summed E-state index contributed by atoms with van der Waals surface area (Å²) < 4.78 is 18.4. The largest absolute Gasteiger partial charge is 0.437 e. The SMILES string of the molecule is C[Si]O[Si](C)(C)O[Si](C)(CNCN)O[Si](C)(C)C. The lowest BCUT2D eigenvalue weighted by Crippen LogP contribution is -2.60.